The summed E-state index contributed by atoms with van der Waals surface area (Å²) in [4.78, 5) is 0. The average Bonchev–Trinajstić information content (AvgIpc) is 2.21. The summed E-state index contributed by atoms with van der Waals surface area (Å²) in [6, 6.07) is 0.486. The molecule has 0 spiro atoms. The molecule has 0 saturated carbocycles. The van der Waals surface area contributed by atoms with Crippen molar-refractivity contribution < 1.29 is 9.47 Å². The van der Waals surface area contributed by atoms with Crippen LogP contribution in [0.1, 0.15) is 33.6 Å². The van der Waals surface area contributed by atoms with E-state index in [-0.39, 0.29) is 0 Å². The SMILES string of the molecule is CCCC(COCCOCC(C)C)NC. The molecule has 3 heteroatoms. The summed E-state index contributed by atoms with van der Waals surface area (Å²) < 4.78 is 11.0. The van der Waals surface area contributed by atoms with Gasteiger partial charge in [0.05, 0.1) is 19.8 Å². The van der Waals surface area contributed by atoms with Crippen molar-refractivity contribution in [1.29, 1.82) is 0 Å². The van der Waals surface area contributed by atoms with Crippen LogP contribution in [0.3, 0.4) is 0 Å². The molecule has 3 nitrogen and oxygen atoms in total. The van der Waals surface area contributed by atoms with Gasteiger partial charge in [-0.25, -0.2) is 0 Å². The summed E-state index contributed by atoms with van der Waals surface area (Å²) in [6.07, 6.45) is 2.36. The lowest BCUT2D eigenvalue weighted by Gasteiger charge is -2.15. The minimum Gasteiger partial charge on any atom is -0.379 e. The van der Waals surface area contributed by atoms with Gasteiger partial charge in [0.1, 0.15) is 0 Å². The van der Waals surface area contributed by atoms with Crippen LogP contribution < -0.4 is 5.32 Å². The number of likely N-dealkylation sites (N-methyl/N-ethyl adjacent to an activating group) is 1. The van der Waals surface area contributed by atoms with E-state index >= 15 is 0 Å². The van der Waals surface area contributed by atoms with Gasteiger partial charge in [0.25, 0.3) is 0 Å². The maximum absolute atomic E-state index is 5.53. The van der Waals surface area contributed by atoms with Crippen LogP contribution in [0.4, 0.5) is 0 Å². The Hall–Kier alpha value is -0.120. The third kappa shape index (κ3) is 10.2. The Balaban J connectivity index is 3.21. The van der Waals surface area contributed by atoms with Crippen LogP contribution in [0.15, 0.2) is 0 Å². The van der Waals surface area contributed by atoms with Gasteiger partial charge in [0.15, 0.2) is 0 Å². The first kappa shape index (κ1) is 14.9. The zero-order valence-electron chi connectivity index (χ0n) is 10.7. The predicted octanol–water partition coefficient (Wildman–Crippen LogP) is 2.06. The van der Waals surface area contributed by atoms with Gasteiger partial charge < -0.3 is 14.8 Å². The van der Waals surface area contributed by atoms with Crippen molar-refractivity contribution in [2.45, 2.75) is 39.7 Å². The second-order valence-electron chi connectivity index (χ2n) is 4.32. The minimum atomic E-state index is 0.486. The molecule has 0 heterocycles. The molecule has 0 radical (unpaired) electrons. The highest BCUT2D eigenvalue weighted by Crippen LogP contribution is 1.97. The van der Waals surface area contributed by atoms with Gasteiger partial charge in [-0.2, -0.15) is 0 Å². The van der Waals surface area contributed by atoms with Crippen molar-refractivity contribution in [1.82, 2.24) is 5.32 Å². The van der Waals surface area contributed by atoms with Gasteiger partial charge >= 0.3 is 0 Å². The van der Waals surface area contributed by atoms with Gasteiger partial charge in [-0.15, -0.1) is 0 Å². The molecule has 0 amide bonds. The van der Waals surface area contributed by atoms with E-state index in [0.717, 1.165) is 13.2 Å². The third-order valence-corrected chi connectivity index (χ3v) is 2.19. The monoisotopic (exact) mass is 217 g/mol. The predicted molar refractivity (Wildman–Crippen MR) is 64.2 cm³/mol. The van der Waals surface area contributed by atoms with Crippen LogP contribution in [0.2, 0.25) is 0 Å². The molecule has 1 N–H and O–H groups in total. The fraction of sp³-hybridized carbons (Fsp3) is 1.00. The molecule has 0 fully saturated rings. The third-order valence-electron chi connectivity index (χ3n) is 2.19. The zero-order valence-corrected chi connectivity index (χ0v) is 10.7. The summed E-state index contributed by atoms with van der Waals surface area (Å²) in [5.74, 6) is 0.607. The molecule has 0 saturated heterocycles. The first-order valence-corrected chi connectivity index (χ1v) is 6.03. The van der Waals surface area contributed by atoms with Crippen LogP contribution in [0.5, 0.6) is 0 Å². The molecule has 15 heavy (non-hydrogen) atoms. The lowest BCUT2D eigenvalue weighted by atomic mass is 10.2. The number of hydrogen-bond acceptors (Lipinski definition) is 3. The number of rotatable bonds is 10. The standard InChI is InChI=1S/C12H27NO2/c1-5-6-12(13-4)10-15-8-7-14-9-11(2)3/h11-13H,5-10H2,1-4H3. The topological polar surface area (TPSA) is 30.5 Å². The van der Waals surface area contributed by atoms with E-state index in [4.69, 9.17) is 9.47 Å². The van der Waals surface area contributed by atoms with E-state index in [0.29, 0.717) is 25.2 Å². The Bertz CT molecular complexity index is 129. The van der Waals surface area contributed by atoms with Gasteiger partial charge in [0, 0.05) is 12.6 Å². The van der Waals surface area contributed by atoms with Crippen molar-refractivity contribution in [2.24, 2.45) is 5.92 Å². The highest BCUT2D eigenvalue weighted by Gasteiger charge is 2.03. The highest BCUT2D eigenvalue weighted by atomic mass is 16.5. The van der Waals surface area contributed by atoms with Crippen molar-refractivity contribution in [3.63, 3.8) is 0 Å². The number of hydrogen-bond donors (Lipinski definition) is 1. The highest BCUT2D eigenvalue weighted by molar-refractivity contribution is 4.61. The molecule has 0 aromatic rings. The molecule has 0 aliphatic carbocycles. The molecule has 0 aliphatic rings. The van der Waals surface area contributed by atoms with E-state index in [1.807, 2.05) is 7.05 Å². The second kappa shape index (κ2) is 10.4. The van der Waals surface area contributed by atoms with Gasteiger partial charge in [-0.05, 0) is 19.4 Å². The second-order valence-corrected chi connectivity index (χ2v) is 4.32. The van der Waals surface area contributed by atoms with E-state index in [2.05, 4.69) is 26.1 Å². The number of ether oxygens (including phenoxy) is 2. The quantitative estimate of drug-likeness (QED) is 0.568. The maximum atomic E-state index is 5.53. The molecule has 0 aromatic carbocycles. The van der Waals surface area contributed by atoms with E-state index in [1.165, 1.54) is 12.8 Å². The summed E-state index contributed by atoms with van der Waals surface area (Å²) in [6.45, 7) is 9.52. The molecule has 1 unspecified atom stereocenters. The van der Waals surface area contributed by atoms with Gasteiger partial charge in [-0.1, -0.05) is 27.2 Å². The minimum absolute atomic E-state index is 0.486. The van der Waals surface area contributed by atoms with E-state index in [1.54, 1.807) is 0 Å². The number of nitrogens with one attached hydrogen (secondary N) is 1. The normalized spacial score (nSPS) is 13.4. The maximum Gasteiger partial charge on any atom is 0.0701 e. The Kier molecular flexibility index (Phi) is 10.3. The summed E-state index contributed by atoms with van der Waals surface area (Å²) >= 11 is 0. The molecule has 0 aliphatic heterocycles. The smallest absolute Gasteiger partial charge is 0.0701 e. The van der Waals surface area contributed by atoms with Crippen LogP contribution in [0, 0.1) is 5.92 Å². The first-order chi connectivity index (χ1) is 7.20. The lowest BCUT2D eigenvalue weighted by molar-refractivity contribution is 0.0303. The van der Waals surface area contributed by atoms with Crippen LogP contribution in [0.25, 0.3) is 0 Å². The van der Waals surface area contributed by atoms with Gasteiger partial charge in [0.2, 0.25) is 0 Å². The van der Waals surface area contributed by atoms with Crippen molar-refractivity contribution in [3.05, 3.63) is 0 Å². The summed E-state index contributed by atoms with van der Waals surface area (Å²) in [5.41, 5.74) is 0. The fourth-order valence-electron chi connectivity index (χ4n) is 1.32. The molecule has 0 bridgehead atoms. The Labute approximate surface area is 94.5 Å². The molecule has 92 valence electrons. The summed E-state index contributed by atoms with van der Waals surface area (Å²) in [7, 11) is 1.99. The molecule has 0 rings (SSSR count). The Morgan fingerprint density at radius 3 is 2.13 bits per heavy atom. The summed E-state index contributed by atoms with van der Waals surface area (Å²) in [5, 5.41) is 3.25. The van der Waals surface area contributed by atoms with Crippen molar-refractivity contribution >= 4 is 0 Å². The average molecular weight is 217 g/mol. The van der Waals surface area contributed by atoms with Crippen LogP contribution >= 0.6 is 0 Å². The lowest BCUT2D eigenvalue weighted by Crippen LogP contribution is -2.30. The van der Waals surface area contributed by atoms with Crippen LogP contribution in [-0.4, -0.2) is 39.5 Å². The molecule has 0 aromatic heterocycles. The molecular formula is C12H27NO2. The Morgan fingerprint density at radius 2 is 1.67 bits per heavy atom. The van der Waals surface area contributed by atoms with Gasteiger partial charge in [-0.3, -0.25) is 0 Å². The van der Waals surface area contributed by atoms with Crippen molar-refractivity contribution in [3.8, 4) is 0 Å². The zero-order chi connectivity index (χ0) is 11.5. The Morgan fingerprint density at radius 1 is 1.07 bits per heavy atom. The first-order valence-electron chi connectivity index (χ1n) is 6.03. The molecular weight excluding hydrogens is 190 g/mol. The van der Waals surface area contributed by atoms with Crippen LogP contribution in [-0.2, 0) is 9.47 Å². The fourth-order valence-corrected chi connectivity index (χ4v) is 1.32. The van der Waals surface area contributed by atoms with E-state index < -0.39 is 0 Å². The molecule has 1 atom stereocenters. The van der Waals surface area contributed by atoms with Crippen molar-refractivity contribution in [2.75, 3.05) is 33.5 Å². The largest absolute Gasteiger partial charge is 0.379 e. The van der Waals surface area contributed by atoms with E-state index in [9.17, 15) is 0 Å².